The van der Waals surface area contributed by atoms with Crippen LogP contribution in [0.5, 0.6) is 0 Å². The van der Waals surface area contributed by atoms with Crippen molar-refractivity contribution in [3.8, 4) is 6.07 Å². The number of allylic oxidation sites excluding steroid dienone is 2. The van der Waals surface area contributed by atoms with E-state index in [9.17, 15) is 0 Å². The van der Waals surface area contributed by atoms with Crippen LogP contribution in [-0.4, -0.2) is 23.5 Å². The minimum Gasteiger partial charge on any atom is -0.298 e. The van der Waals surface area contributed by atoms with Gasteiger partial charge in [0.1, 0.15) is 0 Å². The summed E-state index contributed by atoms with van der Waals surface area (Å²) in [5.74, 6) is 0.619. The van der Waals surface area contributed by atoms with Gasteiger partial charge in [-0.1, -0.05) is 6.08 Å². The fraction of sp³-hybridized carbons (Fsp3) is 0.750. The highest BCUT2D eigenvalue weighted by molar-refractivity contribution is 5.05. The molecule has 1 aliphatic heterocycles. The first-order valence-electron chi connectivity index (χ1n) is 5.35. The van der Waals surface area contributed by atoms with Crippen molar-refractivity contribution >= 4 is 0 Å². The van der Waals surface area contributed by atoms with E-state index in [1.165, 1.54) is 12.8 Å². The second-order valence-corrected chi connectivity index (χ2v) is 4.98. The Morgan fingerprint density at radius 3 is 2.29 bits per heavy atom. The minimum atomic E-state index is 0.296. The third kappa shape index (κ3) is 3.16. The Kier molecular flexibility index (Phi) is 3.71. The largest absolute Gasteiger partial charge is 0.298 e. The average Bonchev–Trinajstić information content (AvgIpc) is 2.14. The van der Waals surface area contributed by atoms with E-state index in [4.69, 9.17) is 5.26 Å². The molecule has 0 radical (unpaired) electrons. The lowest BCUT2D eigenvalue weighted by Crippen LogP contribution is -2.45. The van der Waals surface area contributed by atoms with Crippen molar-refractivity contribution in [1.82, 2.24) is 4.90 Å². The van der Waals surface area contributed by atoms with E-state index in [0.29, 0.717) is 11.5 Å². The van der Waals surface area contributed by atoms with Crippen molar-refractivity contribution in [2.24, 2.45) is 5.92 Å². The molecule has 0 aromatic heterocycles. The molecule has 0 spiro atoms. The topological polar surface area (TPSA) is 27.0 Å². The van der Waals surface area contributed by atoms with E-state index in [-0.39, 0.29) is 0 Å². The molecule has 0 amide bonds. The van der Waals surface area contributed by atoms with Crippen LogP contribution < -0.4 is 0 Å². The molecular formula is C12H20N2. The van der Waals surface area contributed by atoms with E-state index in [0.717, 1.165) is 13.1 Å². The van der Waals surface area contributed by atoms with Crippen LogP contribution in [0.4, 0.5) is 0 Å². The molecule has 0 bridgehead atoms. The number of piperidine rings is 1. The summed E-state index contributed by atoms with van der Waals surface area (Å²) in [6.07, 6.45) is 6.06. The fourth-order valence-electron chi connectivity index (χ4n) is 1.94. The lowest BCUT2D eigenvalue weighted by Gasteiger charge is -2.40. The Morgan fingerprint density at radius 2 is 1.86 bits per heavy atom. The Morgan fingerprint density at radius 1 is 1.29 bits per heavy atom. The quantitative estimate of drug-likeness (QED) is 0.597. The Balaban J connectivity index is 2.40. The van der Waals surface area contributed by atoms with Gasteiger partial charge in [0.15, 0.2) is 0 Å². The van der Waals surface area contributed by atoms with Crippen LogP contribution in [0.25, 0.3) is 0 Å². The summed E-state index contributed by atoms with van der Waals surface area (Å²) in [4.78, 5) is 2.52. The van der Waals surface area contributed by atoms with E-state index < -0.39 is 0 Å². The summed E-state index contributed by atoms with van der Waals surface area (Å²) in [6.45, 7) is 9.10. The molecule has 14 heavy (non-hydrogen) atoms. The average molecular weight is 192 g/mol. The normalized spacial score (nSPS) is 21.3. The van der Waals surface area contributed by atoms with Gasteiger partial charge in [-0.3, -0.25) is 4.90 Å². The maximum Gasteiger partial charge on any atom is 0.0908 e. The zero-order valence-corrected chi connectivity index (χ0v) is 9.45. The first-order chi connectivity index (χ1) is 6.54. The predicted molar refractivity (Wildman–Crippen MR) is 58.8 cm³/mol. The molecule has 78 valence electrons. The second kappa shape index (κ2) is 4.61. The van der Waals surface area contributed by atoms with Gasteiger partial charge < -0.3 is 0 Å². The summed E-state index contributed by atoms with van der Waals surface area (Å²) in [5.41, 5.74) is 0.296. The zero-order valence-electron chi connectivity index (χ0n) is 9.45. The van der Waals surface area contributed by atoms with Gasteiger partial charge in [0.05, 0.1) is 6.07 Å². The first kappa shape index (κ1) is 11.3. The molecule has 0 unspecified atom stereocenters. The van der Waals surface area contributed by atoms with E-state index >= 15 is 0 Å². The standard InChI is InChI=1S/C12H20N2/c1-12(2,3)14-9-6-11(7-10-14)5-4-8-13/h4-5,11H,6-7,9-10H2,1-3H3. The molecule has 1 saturated heterocycles. The number of hydrogen-bond acceptors (Lipinski definition) is 2. The number of nitriles is 1. The smallest absolute Gasteiger partial charge is 0.0908 e. The van der Waals surface area contributed by atoms with Gasteiger partial charge in [-0.25, -0.2) is 0 Å². The van der Waals surface area contributed by atoms with Crippen LogP contribution in [0.3, 0.4) is 0 Å². The van der Waals surface area contributed by atoms with Crippen LogP contribution in [0.1, 0.15) is 33.6 Å². The number of nitrogens with zero attached hydrogens (tertiary/aromatic N) is 2. The first-order valence-corrected chi connectivity index (χ1v) is 5.35. The van der Waals surface area contributed by atoms with Gasteiger partial charge in [-0.15, -0.1) is 0 Å². The van der Waals surface area contributed by atoms with Crippen LogP contribution in [-0.2, 0) is 0 Å². The molecule has 1 fully saturated rings. The summed E-state index contributed by atoms with van der Waals surface area (Å²) in [6, 6.07) is 2.06. The molecule has 0 aromatic carbocycles. The lowest BCUT2D eigenvalue weighted by molar-refractivity contribution is 0.0971. The molecule has 0 aliphatic carbocycles. The summed E-state index contributed by atoms with van der Waals surface area (Å²) >= 11 is 0. The van der Waals surface area contributed by atoms with Crippen LogP contribution in [0.2, 0.25) is 0 Å². The van der Waals surface area contributed by atoms with Crippen LogP contribution >= 0.6 is 0 Å². The molecule has 1 aliphatic rings. The van der Waals surface area contributed by atoms with Gasteiger partial charge in [0.25, 0.3) is 0 Å². The van der Waals surface area contributed by atoms with Crippen LogP contribution in [0.15, 0.2) is 12.2 Å². The predicted octanol–water partition coefficient (Wildman–Crippen LogP) is 2.58. The van der Waals surface area contributed by atoms with Crippen molar-refractivity contribution in [3.05, 3.63) is 12.2 Å². The van der Waals surface area contributed by atoms with Gasteiger partial charge >= 0.3 is 0 Å². The molecular weight excluding hydrogens is 172 g/mol. The third-order valence-electron chi connectivity index (χ3n) is 2.93. The highest BCUT2D eigenvalue weighted by Crippen LogP contribution is 2.24. The molecule has 2 nitrogen and oxygen atoms in total. The summed E-state index contributed by atoms with van der Waals surface area (Å²) in [7, 11) is 0. The molecule has 1 rings (SSSR count). The number of likely N-dealkylation sites (tertiary alicyclic amines) is 1. The van der Waals surface area contributed by atoms with Gasteiger partial charge in [0.2, 0.25) is 0 Å². The van der Waals surface area contributed by atoms with Crippen molar-refractivity contribution < 1.29 is 0 Å². The summed E-state index contributed by atoms with van der Waals surface area (Å²) < 4.78 is 0. The molecule has 2 heteroatoms. The molecule has 0 aromatic rings. The summed E-state index contributed by atoms with van der Waals surface area (Å²) in [5, 5.41) is 8.43. The monoisotopic (exact) mass is 192 g/mol. The third-order valence-corrected chi connectivity index (χ3v) is 2.93. The Hall–Kier alpha value is -0.810. The van der Waals surface area contributed by atoms with Crippen molar-refractivity contribution in [1.29, 1.82) is 5.26 Å². The Bertz CT molecular complexity index is 234. The maximum atomic E-state index is 8.43. The molecule has 0 saturated carbocycles. The molecule has 0 atom stereocenters. The van der Waals surface area contributed by atoms with Crippen LogP contribution in [0, 0.1) is 17.2 Å². The Labute approximate surface area is 87.2 Å². The lowest BCUT2D eigenvalue weighted by atomic mass is 9.93. The highest BCUT2D eigenvalue weighted by Gasteiger charge is 2.25. The highest BCUT2D eigenvalue weighted by atomic mass is 15.2. The number of rotatable bonds is 1. The van der Waals surface area contributed by atoms with E-state index in [1.807, 2.05) is 0 Å². The van der Waals surface area contributed by atoms with Crippen molar-refractivity contribution in [3.63, 3.8) is 0 Å². The molecule has 1 heterocycles. The van der Waals surface area contributed by atoms with E-state index in [2.05, 4.69) is 37.8 Å². The number of hydrogen-bond donors (Lipinski definition) is 0. The van der Waals surface area contributed by atoms with Gasteiger partial charge in [-0.2, -0.15) is 5.26 Å². The zero-order chi connectivity index (χ0) is 10.6. The van der Waals surface area contributed by atoms with E-state index in [1.54, 1.807) is 6.08 Å². The van der Waals surface area contributed by atoms with Gasteiger partial charge in [-0.05, 0) is 52.6 Å². The second-order valence-electron chi connectivity index (χ2n) is 4.98. The van der Waals surface area contributed by atoms with Gasteiger partial charge in [0, 0.05) is 11.6 Å². The maximum absolute atomic E-state index is 8.43. The van der Waals surface area contributed by atoms with Crippen molar-refractivity contribution in [2.45, 2.75) is 39.2 Å². The molecule has 0 N–H and O–H groups in total. The SMILES string of the molecule is CC(C)(C)N1CCC(C=CC#N)CC1. The minimum absolute atomic E-state index is 0.296. The fourth-order valence-corrected chi connectivity index (χ4v) is 1.94. The van der Waals surface area contributed by atoms with Crippen molar-refractivity contribution in [2.75, 3.05) is 13.1 Å².